The monoisotopic (exact) mass is 445 g/mol. The molecule has 0 radical (unpaired) electrons. The highest BCUT2D eigenvalue weighted by molar-refractivity contribution is 5.64. The minimum absolute atomic E-state index is 0.252. The van der Waals surface area contributed by atoms with Crippen LogP contribution in [0.4, 0.5) is 0 Å². The van der Waals surface area contributed by atoms with Gasteiger partial charge in [-0.15, -0.1) is 0 Å². The normalized spacial score (nSPS) is 24.9. The number of unbranched alkanes of at least 4 members (excludes halogenated alkanes) is 12. The Labute approximate surface area is 188 Å². The summed E-state index contributed by atoms with van der Waals surface area (Å²) in [5, 5.41) is 39.3. The summed E-state index contributed by atoms with van der Waals surface area (Å²) < 4.78 is 11.1. The first-order valence-corrected chi connectivity index (χ1v) is 12.4. The molecule has 1 saturated heterocycles. The van der Waals surface area contributed by atoms with Crippen molar-refractivity contribution in [3.05, 3.63) is 0 Å². The van der Waals surface area contributed by atoms with Crippen molar-refractivity contribution < 1.29 is 34.7 Å². The van der Waals surface area contributed by atoms with Crippen LogP contribution in [-0.4, -0.2) is 58.6 Å². The molecule has 31 heavy (non-hydrogen) atoms. The number of hydrogen-bond donors (Lipinski definition) is 3. The minimum Gasteiger partial charge on any atom is -0.550 e. The molecule has 0 aromatic carbocycles. The van der Waals surface area contributed by atoms with Gasteiger partial charge in [-0.2, -0.15) is 0 Å². The van der Waals surface area contributed by atoms with Gasteiger partial charge < -0.3 is 34.7 Å². The number of carbonyl (C=O) groups excluding carboxylic acids is 1. The fourth-order valence-electron chi connectivity index (χ4n) is 4.01. The highest BCUT2D eigenvalue weighted by Gasteiger charge is 2.34. The lowest BCUT2D eigenvalue weighted by Gasteiger charge is -2.35. The zero-order valence-electron chi connectivity index (χ0n) is 19.4. The van der Waals surface area contributed by atoms with Crippen LogP contribution >= 0.6 is 0 Å². The number of carboxylic acid groups (broad SMARTS) is 1. The molecule has 1 aliphatic rings. The van der Waals surface area contributed by atoms with Gasteiger partial charge in [0.1, 0.15) is 6.10 Å². The van der Waals surface area contributed by atoms with Gasteiger partial charge in [-0.05, 0) is 19.8 Å². The van der Waals surface area contributed by atoms with Crippen LogP contribution in [0.15, 0.2) is 0 Å². The topological polar surface area (TPSA) is 119 Å². The first kappa shape index (κ1) is 28.3. The molecule has 7 heteroatoms. The molecule has 5 atom stereocenters. The second-order valence-electron chi connectivity index (χ2n) is 9.07. The van der Waals surface area contributed by atoms with E-state index in [1.807, 2.05) is 0 Å². The molecule has 0 unspecified atom stereocenters. The number of aliphatic carboxylic acids is 1. The number of ether oxygens (including phenoxy) is 2. The van der Waals surface area contributed by atoms with Crippen LogP contribution < -0.4 is 5.11 Å². The second-order valence-corrected chi connectivity index (χ2v) is 9.07. The average Bonchev–Trinajstić information content (AvgIpc) is 2.70. The van der Waals surface area contributed by atoms with E-state index in [9.17, 15) is 25.2 Å². The van der Waals surface area contributed by atoms with Gasteiger partial charge in [-0.1, -0.05) is 77.0 Å². The molecule has 0 aliphatic carbocycles. The van der Waals surface area contributed by atoms with E-state index in [1.165, 1.54) is 51.4 Å². The Kier molecular flexibility index (Phi) is 16.2. The van der Waals surface area contributed by atoms with Crippen LogP contribution in [-0.2, 0) is 14.3 Å². The van der Waals surface area contributed by atoms with Gasteiger partial charge >= 0.3 is 0 Å². The summed E-state index contributed by atoms with van der Waals surface area (Å²) >= 11 is 0. The molecule has 1 fully saturated rings. The molecule has 1 aliphatic heterocycles. The third kappa shape index (κ3) is 14.9. The Bertz CT molecular complexity index is 446. The molecular formula is C24H45O7-. The molecule has 7 nitrogen and oxygen atoms in total. The Balaban J connectivity index is 1.78. The second kappa shape index (κ2) is 17.8. The molecule has 184 valence electrons. The summed E-state index contributed by atoms with van der Waals surface area (Å²) in [5.41, 5.74) is 0. The van der Waals surface area contributed by atoms with E-state index in [1.54, 1.807) is 6.92 Å². The van der Waals surface area contributed by atoms with E-state index < -0.39 is 30.6 Å². The summed E-state index contributed by atoms with van der Waals surface area (Å²) in [4.78, 5) is 10.4. The van der Waals surface area contributed by atoms with E-state index in [2.05, 4.69) is 0 Å². The SMILES string of the molecule is C[C@@H]1O[C@@H](OCCCCCCCCCCCCCCC[C@@H](O)CC(=O)[O-])[C@H](O)C[C@H]1O. The quantitative estimate of drug-likeness (QED) is 0.262. The molecule has 1 rings (SSSR count). The lowest BCUT2D eigenvalue weighted by Crippen LogP contribution is -2.47. The van der Waals surface area contributed by atoms with Crippen LogP contribution in [0.3, 0.4) is 0 Å². The highest BCUT2D eigenvalue weighted by Crippen LogP contribution is 2.21. The van der Waals surface area contributed by atoms with Gasteiger partial charge in [-0.25, -0.2) is 0 Å². The third-order valence-electron chi connectivity index (χ3n) is 6.05. The van der Waals surface area contributed by atoms with Crippen LogP contribution in [0.5, 0.6) is 0 Å². The molecule has 0 aromatic rings. The number of rotatable bonds is 19. The van der Waals surface area contributed by atoms with Crippen molar-refractivity contribution in [1.29, 1.82) is 0 Å². The fraction of sp³-hybridized carbons (Fsp3) is 0.958. The van der Waals surface area contributed by atoms with Crippen molar-refractivity contribution in [3.63, 3.8) is 0 Å². The number of aliphatic hydroxyl groups is 3. The molecule has 3 N–H and O–H groups in total. The van der Waals surface area contributed by atoms with Gasteiger partial charge in [0.2, 0.25) is 0 Å². The van der Waals surface area contributed by atoms with Crippen LogP contribution in [0.25, 0.3) is 0 Å². The maximum absolute atomic E-state index is 10.4. The van der Waals surface area contributed by atoms with Crippen molar-refractivity contribution in [2.45, 2.75) is 140 Å². The van der Waals surface area contributed by atoms with Crippen molar-refractivity contribution in [2.24, 2.45) is 0 Å². The molecule has 0 spiro atoms. The predicted molar refractivity (Wildman–Crippen MR) is 117 cm³/mol. The molecule has 0 saturated carbocycles. The number of aliphatic hydroxyl groups excluding tert-OH is 3. The standard InChI is InChI=1S/C24H46O7/c1-19-21(26)18-22(27)24(31-19)30-16-14-12-10-8-6-4-2-3-5-7-9-11-13-15-20(25)17-23(28)29/h19-22,24-27H,2-18H2,1H3,(H,28,29)/p-1/t19-,20+,21+,22+,24+/m0/s1. The average molecular weight is 446 g/mol. The van der Waals surface area contributed by atoms with Gasteiger partial charge in [0.25, 0.3) is 0 Å². The largest absolute Gasteiger partial charge is 0.550 e. The Morgan fingerprint density at radius 2 is 1.39 bits per heavy atom. The van der Waals surface area contributed by atoms with Crippen molar-refractivity contribution in [2.75, 3.05) is 6.61 Å². The van der Waals surface area contributed by atoms with Crippen LogP contribution in [0.1, 0.15) is 110 Å². The maximum atomic E-state index is 10.4. The van der Waals surface area contributed by atoms with E-state index in [-0.39, 0.29) is 12.5 Å². The van der Waals surface area contributed by atoms with Crippen LogP contribution in [0.2, 0.25) is 0 Å². The summed E-state index contributed by atoms with van der Waals surface area (Å²) in [6.45, 7) is 2.38. The Morgan fingerprint density at radius 1 is 0.903 bits per heavy atom. The van der Waals surface area contributed by atoms with Crippen molar-refractivity contribution >= 4 is 5.97 Å². The number of carbonyl (C=O) groups is 1. The summed E-state index contributed by atoms with van der Waals surface area (Å²) in [7, 11) is 0. The van der Waals surface area contributed by atoms with Crippen molar-refractivity contribution in [3.8, 4) is 0 Å². The predicted octanol–water partition coefficient (Wildman–Crippen LogP) is 2.82. The zero-order valence-corrected chi connectivity index (χ0v) is 19.4. The molecular weight excluding hydrogens is 400 g/mol. The highest BCUT2D eigenvalue weighted by atomic mass is 16.7. The zero-order chi connectivity index (χ0) is 22.9. The molecule has 0 amide bonds. The lowest BCUT2D eigenvalue weighted by atomic mass is 10.0. The van der Waals surface area contributed by atoms with Gasteiger partial charge in [0, 0.05) is 25.4 Å². The first-order chi connectivity index (χ1) is 14.9. The Hall–Kier alpha value is -0.730. The van der Waals surface area contributed by atoms with E-state index in [0.717, 1.165) is 32.1 Å². The fourth-order valence-corrected chi connectivity index (χ4v) is 4.01. The Morgan fingerprint density at radius 3 is 1.90 bits per heavy atom. The first-order valence-electron chi connectivity index (χ1n) is 12.4. The lowest BCUT2D eigenvalue weighted by molar-refractivity contribution is -0.307. The maximum Gasteiger partial charge on any atom is 0.183 e. The minimum atomic E-state index is -1.18. The van der Waals surface area contributed by atoms with Crippen LogP contribution in [0, 0.1) is 0 Å². The van der Waals surface area contributed by atoms with E-state index in [0.29, 0.717) is 19.4 Å². The van der Waals surface area contributed by atoms with E-state index >= 15 is 0 Å². The van der Waals surface area contributed by atoms with Gasteiger partial charge in [0.15, 0.2) is 6.29 Å². The van der Waals surface area contributed by atoms with E-state index in [4.69, 9.17) is 9.47 Å². The number of hydrogen-bond acceptors (Lipinski definition) is 7. The van der Waals surface area contributed by atoms with Crippen molar-refractivity contribution in [1.82, 2.24) is 0 Å². The van der Waals surface area contributed by atoms with Gasteiger partial charge in [0.05, 0.1) is 18.3 Å². The van der Waals surface area contributed by atoms with Gasteiger partial charge in [-0.3, -0.25) is 0 Å². The number of carboxylic acids is 1. The summed E-state index contributed by atoms with van der Waals surface area (Å²) in [6.07, 6.45) is 12.8. The summed E-state index contributed by atoms with van der Waals surface area (Å²) in [6, 6.07) is 0. The molecule has 0 bridgehead atoms. The summed E-state index contributed by atoms with van der Waals surface area (Å²) in [5.74, 6) is -1.18. The third-order valence-corrected chi connectivity index (χ3v) is 6.05. The molecule has 1 heterocycles. The molecule has 0 aromatic heterocycles. The smallest absolute Gasteiger partial charge is 0.183 e.